The second kappa shape index (κ2) is 7.18. The number of hydrogen-bond donors (Lipinski definition) is 1. The van der Waals surface area contributed by atoms with Crippen LogP contribution >= 0.6 is 0 Å². The predicted molar refractivity (Wildman–Crippen MR) is 101 cm³/mol. The normalized spacial score (nSPS) is 24.1. The van der Waals surface area contributed by atoms with Gasteiger partial charge in [-0.05, 0) is 30.9 Å². The zero-order chi connectivity index (χ0) is 19.0. The second-order valence-corrected chi connectivity index (χ2v) is 7.22. The molecule has 4 rings (SSSR count). The maximum atomic E-state index is 13.0. The first-order valence-electron chi connectivity index (χ1n) is 9.47. The van der Waals surface area contributed by atoms with E-state index in [1.807, 2.05) is 36.2 Å². The van der Waals surface area contributed by atoms with E-state index in [1.54, 1.807) is 0 Å². The molecule has 6 nitrogen and oxygen atoms in total. The molecule has 1 aliphatic carbocycles. The van der Waals surface area contributed by atoms with E-state index < -0.39 is 0 Å². The molecule has 2 N–H and O–H groups in total. The molecule has 0 saturated carbocycles. The maximum absolute atomic E-state index is 13.0. The smallest absolute Gasteiger partial charge is 0.161 e. The molecule has 6 heteroatoms. The largest absolute Gasteiger partial charge is 0.383 e. The van der Waals surface area contributed by atoms with Crippen LogP contribution in [0.25, 0.3) is 0 Å². The first-order valence-corrected chi connectivity index (χ1v) is 9.47. The Labute approximate surface area is 159 Å². The summed E-state index contributed by atoms with van der Waals surface area (Å²) in [6.07, 6.45) is 2.13. The van der Waals surface area contributed by atoms with Crippen LogP contribution in [0, 0.1) is 18.3 Å². The van der Waals surface area contributed by atoms with Gasteiger partial charge in [-0.25, -0.2) is 5.01 Å². The van der Waals surface area contributed by atoms with Crippen molar-refractivity contribution in [2.45, 2.75) is 32.1 Å². The molecule has 1 saturated heterocycles. The van der Waals surface area contributed by atoms with Crippen LogP contribution in [0.2, 0.25) is 0 Å². The van der Waals surface area contributed by atoms with Gasteiger partial charge in [0.25, 0.3) is 0 Å². The van der Waals surface area contributed by atoms with E-state index in [1.165, 1.54) is 0 Å². The first kappa shape index (κ1) is 17.8. The van der Waals surface area contributed by atoms with E-state index in [2.05, 4.69) is 11.1 Å². The topological polar surface area (TPSA) is 82.6 Å². The van der Waals surface area contributed by atoms with Crippen molar-refractivity contribution in [3.63, 3.8) is 0 Å². The Balaban J connectivity index is 1.91. The zero-order valence-electron chi connectivity index (χ0n) is 15.6. The Hall–Kier alpha value is -2.62. The molecule has 27 heavy (non-hydrogen) atoms. The van der Waals surface area contributed by atoms with E-state index in [4.69, 9.17) is 10.5 Å². The van der Waals surface area contributed by atoms with Crippen LogP contribution in [0.1, 0.15) is 36.3 Å². The van der Waals surface area contributed by atoms with Crippen LogP contribution in [0.4, 0.5) is 0 Å². The number of allylic oxidation sites excluding steroid dienone is 3. The summed E-state index contributed by atoms with van der Waals surface area (Å²) in [5.74, 6) is 0.195. The summed E-state index contributed by atoms with van der Waals surface area (Å²) in [5, 5.41) is 14.0. The van der Waals surface area contributed by atoms with Crippen molar-refractivity contribution in [3.8, 4) is 6.07 Å². The number of carbonyl (C=O) groups excluding carboxylic acids is 1. The third kappa shape index (κ3) is 2.93. The van der Waals surface area contributed by atoms with Crippen molar-refractivity contribution in [2.75, 3.05) is 26.3 Å². The molecule has 140 valence electrons. The number of nitriles is 1. The highest BCUT2D eigenvalue weighted by Gasteiger charge is 2.42. The second-order valence-electron chi connectivity index (χ2n) is 7.22. The molecule has 0 aromatic heterocycles. The van der Waals surface area contributed by atoms with Crippen molar-refractivity contribution in [2.24, 2.45) is 5.73 Å². The highest BCUT2D eigenvalue weighted by atomic mass is 16.5. The van der Waals surface area contributed by atoms with E-state index in [9.17, 15) is 10.1 Å². The number of Topliss-reactive ketones (excluding diaryl/α,β-unsaturated/α-hetero) is 1. The Morgan fingerprint density at radius 3 is 2.67 bits per heavy atom. The highest BCUT2D eigenvalue weighted by molar-refractivity contribution is 5.99. The van der Waals surface area contributed by atoms with Crippen LogP contribution < -0.4 is 5.73 Å². The maximum Gasteiger partial charge on any atom is 0.161 e. The number of benzene rings is 1. The van der Waals surface area contributed by atoms with Crippen molar-refractivity contribution >= 4 is 5.78 Å². The number of morpholine rings is 1. The Morgan fingerprint density at radius 2 is 1.96 bits per heavy atom. The number of rotatable bonds is 2. The van der Waals surface area contributed by atoms with Gasteiger partial charge < -0.3 is 10.5 Å². The minimum atomic E-state index is -0.378. The van der Waals surface area contributed by atoms with Gasteiger partial charge >= 0.3 is 0 Å². The predicted octanol–water partition coefficient (Wildman–Crippen LogP) is 2.34. The molecular formula is C21H24N4O2. The van der Waals surface area contributed by atoms with Gasteiger partial charge in [0.1, 0.15) is 5.82 Å². The summed E-state index contributed by atoms with van der Waals surface area (Å²) in [7, 11) is 0. The van der Waals surface area contributed by atoms with Crippen LogP contribution in [-0.2, 0) is 9.53 Å². The number of nitrogens with zero attached hydrogens (tertiary/aromatic N) is 3. The molecule has 1 aromatic rings. The number of ketones is 1. The lowest BCUT2D eigenvalue weighted by molar-refractivity contribution is -0.117. The monoisotopic (exact) mass is 364 g/mol. The van der Waals surface area contributed by atoms with Crippen LogP contribution in [0.5, 0.6) is 0 Å². The molecule has 2 aliphatic heterocycles. The van der Waals surface area contributed by atoms with E-state index in [0.29, 0.717) is 44.1 Å². The van der Waals surface area contributed by atoms with Gasteiger partial charge in [0.05, 0.1) is 30.8 Å². The van der Waals surface area contributed by atoms with E-state index in [-0.39, 0.29) is 11.7 Å². The van der Waals surface area contributed by atoms with Gasteiger partial charge in [-0.2, -0.15) is 5.26 Å². The molecule has 0 amide bonds. The minimum absolute atomic E-state index is 0.128. The lowest BCUT2D eigenvalue weighted by Gasteiger charge is -2.46. The number of carbonyl (C=O) groups is 1. The minimum Gasteiger partial charge on any atom is -0.383 e. The third-order valence-corrected chi connectivity index (χ3v) is 5.66. The number of ether oxygens (including phenoxy) is 1. The Bertz CT molecular complexity index is 874. The standard InChI is InChI=1S/C21H24N4O2/c1-14-5-2-3-6-15(14)19-16(13-22)21(23)25(24-9-11-27-12-10-24)17-7-4-8-18(26)20(17)19/h2-3,5-6,19H,4,7-12,23H2,1H3. The number of nitrogens with two attached hydrogens (primary N) is 1. The fourth-order valence-corrected chi connectivity index (χ4v) is 4.37. The number of hydrogen-bond acceptors (Lipinski definition) is 6. The number of aryl methyl sites for hydroxylation is 1. The molecule has 1 aromatic carbocycles. The van der Waals surface area contributed by atoms with Crippen LogP contribution in [0.3, 0.4) is 0 Å². The molecule has 3 aliphatic rings. The quantitative estimate of drug-likeness (QED) is 0.867. The first-order chi connectivity index (χ1) is 13.1. The Kier molecular flexibility index (Phi) is 4.73. The van der Waals surface area contributed by atoms with Crippen molar-refractivity contribution in [1.29, 1.82) is 5.26 Å². The van der Waals surface area contributed by atoms with E-state index in [0.717, 1.165) is 35.2 Å². The van der Waals surface area contributed by atoms with E-state index >= 15 is 0 Å². The fraction of sp³-hybridized carbons (Fsp3) is 0.429. The molecule has 2 heterocycles. The molecule has 1 atom stereocenters. The lowest BCUT2D eigenvalue weighted by Crippen LogP contribution is -2.52. The van der Waals surface area contributed by atoms with Gasteiger partial charge in [-0.1, -0.05) is 24.3 Å². The van der Waals surface area contributed by atoms with Crippen molar-refractivity contribution in [1.82, 2.24) is 10.0 Å². The van der Waals surface area contributed by atoms with Crippen molar-refractivity contribution in [3.05, 3.63) is 58.1 Å². The lowest BCUT2D eigenvalue weighted by atomic mass is 9.75. The third-order valence-electron chi connectivity index (χ3n) is 5.66. The molecule has 0 spiro atoms. The van der Waals surface area contributed by atoms with Gasteiger partial charge in [-0.15, -0.1) is 0 Å². The van der Waals surface area contributed by atoms with Gasteiger partial charge in [-0.3, -0.25) is 9.80 Å². The van der Waals surface area contributed by atoms with Crippen molar-refractivity contribution < 1.29 is 9.53 Å². The average Bonchev–Trinajstić information content (AvgIpc) is 2.68. The van der Waals surface area contributed by atoms with Gasteiger partial charge in [0.15, 0.2) is 5.78 Å². The SMILES string of the molecule is Cc1ccccc1C1C(C#N)=C(N)N(N2CCOCC2)C2=C1C(=O)CCC2. The molecule has 1 fully saturated rings. The zero-order valence-corrected chi connectivity index (χ0v) is 15.6. The summed E-state index contributed by atoms with van der Waals surface area (Å²) in [5.41, 5.74) is 10.8. The molecule has 0 radical (unpaired) electrons. The summed E-state index contributed by atoms with van der Waals surface area (Å²) >= 11 is 0. The summed E-state index contributed by atoms with van der Waals surface area (Å²) in [6.45, 7) is 4.63. The summed E-state index contributed by atoms with van der Waals surface area (Å²) in [6, 6.07) is 10.3. The summed E-state index contributed by atoms with van der Waals surface area (Å²) < 4.78 is 5.47. The van der Waals surface area contributed by atoms with Gasteiger partial charge in [0, 0.05) is 30.8 Å². The number of hydrazine groups is 1. The van der Waals surface area contributed by atoms with Crippen LogP contribution in [-0.4, -0.2) is 42.1 Å². The highest BCUT2D eigenvalue weighted by Crippen LogP contribution is 2.45. The van der Waals surface area contributed by atoms with Gasteiger partial charge in [0.2, 0.25) is 0 Å². The Morgan fingerprint density at radius 1 is 1.22 bits per heavy atom. The van der Waals surface area contributed by atoms with Crippen LogP contribution in [0.15, 0.2) is 46.9 Å². The molecule has 1 unspecified atom stereocenters. The average molecular weight is 364 g/mol. The summed E-state index contributed by atoms with van der Waals surface area (Å²) in [4.78, 5) is 13.0. The molecular weight excluding hydrogens is 340 g/mol. The molecule has 0 bridgehead atoms. The fourth-order valence-electron chi connectivity index (χ4n) is 4.37.